The van der Waals surface area contributed by atoms with Crippen LogP contribution in [-0.2, 0) is 4.74 Å². The Bertz CT molecular complexity index is 1130. The molecule has 0 atom stereocenters. The number of anilines is 6. The number of fused-ring (bicyclic) bond motifs is 1. The molecule has 12 heteroatoms. The minimum Gasteiger partial charge on any atom is -0.399 e. The van der Waals surface area contributed by atoms with Crippen LogP contribution in [0.25, 0.3) is 5.65 Å². The normalized spacial score (nSPS) is 16.2. The van der Waals surface area contributed by atoms with Gasteiger partial charge in [-0.15, -0.1) is 5.10 Å². The molecule has 1 aliphatic carbocycles. The Kier molecular flexibility index (Phi) is 5.53. The smallest absolute Gasteiger partial charge is 0.247 e. The molecule has 11 nitrogen and oxygen atoms in total. The van der Waals surface area contributed by atoms with Crippen LogP contribution in [0.15, 0.2) is 18.3 Å². The molecule has 0 unspecified atom stereocenters. The number of hydrogen-bond acceptors (Lipinski definition) is 10. The van der Waals surface area contributed by atoms with Crippen LogP contribution >= 0.6 is 11.6 Å². The number of imidazole rings is 1. The van der Waals surface area contributed by atoms with Gasteiger partial charge in [0.1, 0.15) is 5.82 Å². The van der Waals surface area contributed by atoms with E-state index in [1.165, 1.54) is 0 Å². The van der Waals surface area contributed by atoms with Gasteiger partial charge in [0.15, 0.2) is 11.5 Å². The number of benzene rings is 1. The van der Waals surface area contributed by atoms with Crippen molar-refractivity contribution < 1.29 is 4.74 Å². The number of nitrogens with zero attached hydrogens (tertiary/aromatic N) is 5. The van der Waals surface area contributed by atoms with Gasteiger partial charge in [-0.3, -0.25) is 0 Å². The van der Waals surface area contributed by atoms with E-state index >= 15 is 0 Å². The molecule has 1 saturated carbocycles. The third kappa shape index (κ3) is 4.31. The van der Waals surface area contributed by atoms with Crippen molar-refractivity contribution in [2.75, 3.05) is 60.4 Å². The van der Waals surface area contributed by atoms with Gasteiger partial charge in [0.2, 0.25) is 5.95 Å². The standard InChI is InChI=1S/C20H27ClN10O/c1-30(5-4-24-13-9-32-10-13)15-7-11(22)6-14(17(15)21)27-20-28-18(26-12-2-3-12)19-25-8-16(23)31(19)29-20/h6-8,12-13,24H,2-5,9-10,22-23H2,1H3,(H2,26,27,28,29). The van der Waals surface area contributed by atoms with Gasteiger partial charge in [0.25, 0.3) is 0 Å². The molecule has 0 spiro atoms. The van der Waals surface area contributed by atoms with Gasteiger partial charge in [0, 0.05) is 31.9 Å². The van der Waals surface area contributed by atoms with Crippen molar-refractivity contribution >= 4 is 51.9 Å². The van der Waals surface area contributed by atoms with Gasteiger partial charge in [0.05, 0.1) is 41.8 Å². The first-order chi connectivity index (χ1) is 15.5. The van der Waals surface area contributed by atoms with Crippen molar-refractivity contribution in [2.24, 2.45) is 0 Å². The van der Waals surface area contributed by atoms with Gasteiger partial charge in [-0.05, 0) is 25.0 Å². The highest BCUT2D eigenvalue weighted by atomic mass is 35.5. The van der Waals surface area contributed by atoms with E-state index in [1.54, 1.807) is 16.8 Å². The Morgan fingerprint density at radius 3 is 2.78 bits per heavy atom. The van der Waals surface area contributed by atoms with Crippen molar-refractivity contribution in [3.63, 3.8) is 0 Å². The first-order valence-electron chi connectivity index (χ1n) is 10.6. The fraction of sp³-hybridized carbons (Fsp3) is 0.450. The van der Waals surface area contributed by atoms with Crippen LogP contribution in [0.2, 0.25) is 5.02 Å². The summed E-state index contributed by atoms with van der Waals surface area (Å²) in [5.41, 5.74) is 14.8. The maximum absolute atomic E-state index is 6.75. The molecule has 5 rings (SSSR count). The third-order valence-corrected chi connectivity index (χ3v) is 5.96. The topological polar surface area (TPSA) is 144 Å². The monoisotopic (exact) mass is 458 g/mol. The predicted octanol–water partition coefficient (Wildman–Crippen LogP) is 1.68. The van der Waals surface area contributed by atoms with Gasteiger partial charge in [-0.25, -0.2) is 4.98 Å². The van der Waals surface area contributed by atoms with Crippen LogP contribution in [0.1, 0.15) is 12.8 Å². The molecule has 3 aromatic rings. The number of nitrogen functional groups attached to an aromatic ring is 2. The van der Waals surface area contributed by atoms with E-state index in [2.05, 4.69) is 35.9 Å². The SMILES string of the molecule is CN(CCNC1COC1)c1cc(N)cc(Nc2nc(NC3CC3)c3ncc(N)n3n2)c1Cl. The minimum absolute atomic E-state index is 0.345. The van der Waals surface area contributed by atoms with E-state index in [0.29, 0.717) is 51.7 Å². The second-order valence-electron chi connectivity index (χ2n) is 8.26. The van der Waals surface area contributed by atoms with E-state index in [1.807, 2.05) is 13.1 Å². The second kappa shape index (κ2) is 8.49. The zero-order valence-corrected chi connectivity index (χ0v) is 18.6. The first-order valence-corrected chi connectivity index (χ1v) is 11.0. The molecule has 0 bridgehead atoms. The summed E-state index contributed by atoms with van der Waals surface area (Å²) in [4.78, 5) is 11.0. The van der Waals surface area contributed by atoms with Crippen LogP contribution in [0.3, 0.4) is 0 Å². The van der Waals surface area contributed by atoms with Crippen molar-refractivity contribution in [3.05, 3.63) is 23.4 Å². The fourth-order valence-corrected chi connectivity index (χ4v) is 3.80. The molecule has 170 valence electrons. The molecular weight excluding hydrogens is 432 g/mol. The Balaban J connectivity index is 1.38. The summed E-state index contributed by atoms with van der Waals surface area (Å²) in [5.74, 6) is 1.40. The molecule has 7 N–H and O–H groups in total. The highest BCUT2D eigenvalue weighted by molar-refractivity contribution is 6.36. The third-order valence-electron chi connectivity index (χ3n) is 5.56. The number of nitrogens with one attached hydrogen (secondary N) is 3. The van der Waals surface area contributed by atoms with Crippen molar-refractivity contribution in [2.45, 2.75) is 24.9 Å². The number of nitrogens with two attached hydrogens (primary N) is 2. The molecule has 2 aliphatic rings. The average Bonchev–Trinajstić information content (AvgIpc) is 3.47. The summed E-state index contributed by atoms with van der Waals surface area (Å²) in [6, 6.07) is 4.45. The highest BCUT2D eigenvalue weighted by Gasteiger charge is 2.24. The molecule has 2 aromatic heterocycles. The van der Waals surface area contributed by atoms with Crippen molar-refractivity contribution in [3.8, 4) is 0 Å². The Morgan fingerprint density at radius 1 is 1.25 bits per heavy atom. The van der Waals surface area contributed by atoms with Crippen molar-refractivity contribution in [1.82, 2.24) is 24.9 Å². The summed E-state index contributed by atoms with van der Waals surface area (Å²) < 4.78 is 6.75. The van der Waals surface area contributed by atoms with Crippen LogP contribution in [0.4, 0.5) is 34.6 Å². The zero-order valence-electron chi connectivity index (χ0n) is 17.8. The van der Waals surface area contributed by atoms with Crippen molar-refractivity contribution in [1.29, 1.82) is 0 Å². The zero-order chi connectivity index (χ0) is 22.2. The summed E-state index contributed by atoms with van der Waals surface area (Å²) in [6.07, 6.45) is 3.78. The lowest BCUT2D eigenvalue weighted by Crippen LogP contribution is -2.48. The molecule has 3 heterocycles. The van der Waals surface area contributed by atoms with Crippen LogP contribution in [0, 0.1) is 0 Å². The van der Waals surface area contributed by atoms with Crippen LogP contribution < -0.4 is 32.3 Å². The van der Waals surface area contributed by atoms with E-state index in [9.17, 15) is 0 Å². The molecule has 0 amide bonds. The lowest BCUT2D eigenvalue weighted by atomic mass is 10.2. The van der Waals surface area contributed by atoms with Crippen LogP contribution in [0.5, 0.6) is 0 Å². The Hall–Kier alpha value is -3.02. The van der Waals surface area contributed by atoms with E-state index in [-0.39, 0.29) is 0 Å². The number of likely N-dealkylation sites (N-methyl/N-ethyl adjacent to an activating group) is 1. The molecule has 0 radical (unpaired) electrons. The summed E-state index contributed by atoms with van der Waals surface area (Å²) in [7, 11) is 1.98. The first kappa shape index (κ1) is 20.9. The van der Waals surface area contributed by atoms with E-state index in [0.717, 1.165) is 44.8 Å². The van der Waals surface area contributed by atoms with Crippen LogP contribution in [-0.4, -0.2) is 65.0 Å². The number of hydrogen-bond donors (Lipinski definition) is 5. The highest BCUT2D eigenvalue weighted by Crippen LogP contribution is 2.36. The number of aromatic nitrogens is 4. The quantitative estimate of drug-likeness (QED) is 0.300. The molecule has 1 aliphatic heterocycles. The fourth-order valence-electron chi connectivity index (χ4n) is 3.50. The summed E-state index contributed by atoms with van der Waals surface area (Å²) >= 11 is 6.75. The average molecular weight is 459 g/mol. The lowest BCUT2D eigenvalue weighted by Gasteiger charge is -2.29. The van der Waals surface area contributed by atoms with E-state index in [4.69, 9.17) is 27.8 Å². The molecule has 32 heavy (non-hydrogen) atoms. The van der Waals surface area contributed by atoms with Gasteiger partial charge >= 0.3 is 0 Å². The molecule has 1 aromatic carbocycles. The second-order valence-corrected chi connectivity index (χ2v) is 8.64. The molecule has 1 saturated heterocycles. The number of halogens is 1. The maximum Gasteiger partial charge on any atom is 0.247 e. The maximum atomic E-state index is 6.75. The summed E-state index contributed by atoms with van der Waals surface area (Å²) in [5, 5.41) is 15.1. The van der Waals surface area contributed by atoms with E-state index < -0.39 is 0 Å². The van der Waals surface area contributed by atoms with Gasteiger partial charge in [-0.2, -0.15) is 9.50 Å². The Labute approximate surface area is 190 Å². The molecule has 2 fully saturated rings. The number of rotatable bonds is 9. The molecular formula is C20H27ClN10O. The largest absolute Gasteiger partial charge is 0.399 e. The lowest BCUT2D eigenvalue weighted by molar-refractivity contribution is -0.00446. The Morgan fingerprint density at radius 2 is 2.06 bits per heavy atom. The van der Waals surface area contributed by atoms with Gasteiger partial charge in [-0.1, -0.05) is 11.6 Å². The predicted molar refractivity (Wildman–Crippen MR) is 127 cm³/mol. The van der Waals surface area contributed by atoms with Gasteiger partial charge < -0.3 is 37.1 Å². The minimum atomic E-state index is 0.345. The number of ether oxygens (including phenoxy) is 1. The summed E-state index contributed by atoms with van der Waals surface area (Å²) in [6.45, 7) is 3.11.